The molecule has 1 fully saturated rings. The molecule has 0 unspecified atom stereocenters. The molecule has 1 aliphatic carbocycles. The summed E-state index contributed by atoms with van der Waals surface area (Å²) in [5.74, 6) is 0.776. The maximum absolute atomic E-state index is 4.28. The first kappa shape index (κ1) is 9.78. The van der Waals surface area contributed by atoms with Crippen LogP contribution in [0, 0.1) is 0 Å². The van der Waals surface area contributed by atoms with Gasteiger partial charge in [-0.25, -0.2) is 9.97 Å². The third kappa shape index (κ3) is 1.59. The van der Waals surface area contributed by atoms with Crippen molar-refractivity contribution in [2.75, 3.05) is 0 Å². The highest BCUT2D eigenvalue weighted by Gasteiger charge is 2.30. The second-order valence-electron chi connectivity index (χ2n) is 4.81. The number of rotatable bonds is 3. The average Bonchev–Trinajstić information content (AvgIpc) is 2.67. The van der Waals surface area contributed by atoms with Crippen molar-refractivity contribution in [3.8, 4) is 0 Å². The molecule has 1 saturated carbocycles. The zero-order valence-electron chi connectivity index (χ0n) is 9.48. The Morgan fingerprint density at radius 1 is 1.44 bits per heavy atom. The molecule has 3 rings (SSSR count). The number of hydrogen-bond acceptors (Lipinski definition) is 3. The second kappa shape index (κ2) is 3.56. The largest absolute Gasteiger partial charge is 0.306 e. The zero-order chi connectivity index (χ0) is 11.0. The van der Waals surface area contributed by atoms with Crippen molar-refractivity contribution >= 4 is 5.78 Å². The lowest BCUT2D eigenvalue weighted by Gasteiger charge is -2.39. The van der Waals surface area contributed by atoms with E-state index >= 15 is 0 Å². The van der Waals surface area contributed by atoms with Crippen LogP contribution in [0.5, 0.6) is 0 Å². The van der Waals surface area contributed by atoms with Crippen LogP contribution in [0.3, 0.4) is 0 Å². The van der Waals surface area contributed by atoms with Gasteiger partial charge in [0.1, 0.15) is 0 Å². The highest BCUT2D eigenvalue weighted by atomic mass is 15.1. The fourth-order valence-electron chi connectivity index (χ4n) is 2.20. The predicted octanol–water partition coefficient (Wildman–Crippen LogP) is 1.76. The van der Waals surface area contributed by atoms with E-state index in [1.54, 1.807) is 6.20 Å². The normalized spacial score (nSPS) is 18.6. The molecule has 0 spiro atoms. The first-order valence-corrected chi connectivity index (χ1v) is 5.79. The monoisotopic (exact) mass is 216 g/mol. The molecule has 2 aromatic heterocycles. The predicted molar refractivity (Wildman–Crippen MR) is 62.1 cm³/mol. The molecule has 1 aliphatic rings. The van der Waals surface area contributed by atoms with Crippen molar-refractivity contribution in [1.29, 1.82) is 0 Å². The van der Waals surface area contributed by atoms with Gasteiger partial charge >= 0.3 is 0 Å². The molecule has 4 heteroatoms. The second-order valence-corrected chi connectivity index (χ2v) is 4.81. The van der Waals surface area contributed by atoms with Crippen molar-refractivity contribution in [2.24, 2.45) is 0 Å². The number of hydrogen-bond donors (Lipinski definition) is 1. The molecule has 0 saturated heterocycles. The summed E-state index contributed by atoms with van der Waals surface area (Å²) in [7, 11) is 0. The summed E-state index contributed by atoms with van der Waals surface area (Å²) in [6.45, 7) is 3.15. The van der Waals surface area contributed by atoms with E-state index in [9.17, 15) is 0 Å². The van der Waals surface area contributed by atoms with Gasteiger partial charge < -0.3 is 5.32 Å². The molecular weight excluding hydrogens is 200 g/mol. The Hall–Kier alpha value is -1.42. The summed E-state index contributed by atoms with van der Waals surface area (Å²) in [4.78, 5) is 8.48. The van der Waals surface area contributed by atoms with Gasteiger partial charge in [0.25, 0.3) is 0 Å². The lowest BCUT2D eigenvalue weighted by molar-refractivity contribution is 0.206. The quantitative estimate of drug-likeness (QED) is 0.850. The van der Waals surface area contributed by atoms with E-state index < -0.39 is 0 Å². The van der Waals surface area contributed by atoms with Crippen LogP contribution < -0.4 is 5.32 Å². The van der Waals surface area contributed by atoms with E-state index in [0.717, 1.165) is 12.3 Å². The molecule has 0 aromatic carbocycles. The molecule has 0 aliphatic heterocycles. The number of fused-ring (bicyclic) bond motifs is 1. The lowest BCUT2D eigenvalue weighted by atomic mass is 9.78. The average molecular weight is 216 g/mol. The van der Waals surface area contributed by atoms with Crippen molar-refractivity contribution in [1.82, 2.24) is 19.7 Å². The van der Waals surface area contributed by atoms with Gasteiger partial charge in [-0.1, -0.05) is 0 Å². The Labute approximate surface area is 94.7 Å². The molecule has 1 N–H and O–H groups in total. The molecule has 0 bridgehead atoms. The number of nitrogens with zero attached hydrogens (tertiary/aromatic N) is 3. The summed E-state index contributed by atoms with van der Waals surface area (Å²) in [6.07, 6.45) is 9.59. The van der Waals surface area contributed by atoms with E-state index in [0.29, 0.717) is 5.54 Å². The summed E-state index contributed by atoms with van der Waals surface area (Å²) in [5, 5.41) is 3.60. The Morgan fingerprint density at radius 3 is 3.06 bits per heavy atom. The minimum absolute atomic E-state index is 0.340. The smallest absolute Gasteiger partial charge is 0.233 e. The van der Waals surface area contributed by atoms with Crippen LogP contribution in [-0.4, -0.2) is 19.9 Å². The summed E-state index contributed by atoms with van der Waals surface area (Å²) in [6, 6.07) is 1.93. The molecule has 4 nitrogen and oxygen atoms in total. The van der Waals surface area contributed by atoms with Gasteiger partial charge in [0.05, 0.1) is 11.9 Å². The van der Waals surface area contributed by atoms with E-state index in [-0.39, 0.29) is 0 Å². The molecule has 0 amide bonds. The summed E-state index contributed by atoms with van der Waals surface area (Å²) < 4.78 is 2.04. The molecule has 2 aromatic rings. The molecule has 16 heavy (non-hydrogen) atoms. The minimum Gasteiger partial charge on any atom is -0.306 e. The van der Waals surface area contributed by atoms with E-state index in [2.05, 4.69) is 22.2 Å². The van der Waals surface area contributed by atoms with Crippen LogP contribution in [0.1, 0.15) is 31.9 Å². The maximum Gasteiger partial charge on any atom is 0.233 e. The molecule has 2 heterocycles. The van der Waals surface area contributed by atoms with Crippen LogP contribution in [0.2, 0.25) is 0 Å². The highest BCUT2D eigenvalue weighted by Crippen LogP contribution is 2.31. The maximum atomic E-state index is 4.28. The number of imidazole rings is 1. The van der Waals surface area contributed by atoms with E-state index in [4.69, 9.17) is 0 Å². The zero-order valence-corrected chi connectivity index (χ0v) is 9.48. The molecule has 0 radical (unpaired) electrons. The Morgan fingerprint density at radius 2 is 2.31 bits per heavy atom. The Kier molecular flexibility index (Phi) is 2.17. The van der Waals surface area contributed by atoms with E-state index in [1.165, 1.54) is 25.0 Å². The standard InChI is InChI=1S/C12H16N4/c1-12(4-2-5-12)15-9-10-8-14-11-13-6-3-7-16(10)11/h3,6-8,15H,2,4-5,9H2,1H3. The molecular formula is C12H16N4. The van der Waals surface area contributed by atoms with Crippen molar-refractivity contribution in [3.63, 3.8) is 0 Å². The van der Waals surface area contributed by atoms with Gasteiger partial charge in [-0.15, -0.1) is 0 Å². The summed E-state index contributed by atoms with van der Waals surface area (Å²) >= 11 is 0. The Balaban J connectivity index is 1.79. The third-order valence-electron chi connectivity index (χ3n) is 3.52. The summed E-state index contributed by atoms with van der Waals surface area (Å²) in [5.41, 5.74) is 1.52. The topological polar surface area (TPSA) is 42.2 Å². The highest BCUT2D eigenvalue weighted by molar-refractivity contribution is 5.30. The van der Waals surface area contributed by atoms with Gasteiger partial charge in [0.2, 0.25) is 5.78 Å². The van der Waals surface area contributed by atoms with Gasteiger partial charge in [-0.05, 0) is 32.3 Å². The minimum atomic E-state index is 0.340. The molecule has 84 valence electrons. The van der Waals surface area contributed by atoms with E-state index in [1.807, 2.05) is 22.9 Å². The van der Waals surface area contributed by atoms with Gasteiger partial charge in [-0.2, -0.15) is 0 Å². The first-order chi connectivity index (χ1) is 7.77. The van der Waals surface area contributed by atoms with Crippen molar-refractivity contribution < 1.29 is 0 Å². The van der Waals surface area contributed by atoms with Gasteiger partial charge in [0, 0.05) is 24.5 Å². The number of nitrogens with one attached hydrogen (secondary N) is 1. The fraction of sp³-hybridized carbons (Fsp3) is 0.500. The van der Waals surface area contributed by atoms with Crippen LogP contribution in [0.25, 0.3) is 5.78 Å². The van der Waals surface area contributed by atoms with Crippen molar-refractivity contribution in [2.45, 2.75) is 38.3 Å². The Bertz CT molecular complexity index is 498. The number of aromatic nitrogens is 3. The fourth-order valence-corrected chi connectivity index (χ4v) is 2.20. The van der Waals surface area contributed by atoms with Crippen LogP contribution in [-0.2, 0) is 6.54 Å². The molecule has 0 atom stereocenters. The van der Waals surface area contributed by atoms with Crippen LogP contribution in [0.4, 0.5) is 0 Å². The third-order valence-corrected chi connectivity index (χ3v) is 3.52. The lowest BCUT2D eigenvalue weighted by Crippen LogP contribution is -2.47. The van der Waals surface area contributed by atoms with Crippen LogP contribution in [0.15, 0.2) is 24.7 Å². The van der Waals surface area contributed by atoms with Crippen molar-refractivity contribution in [3.05, 3.63) is 30.4 Å². The van der Waals surface area contributed by atoms with Gasteiger partial charge in [0.15, 0.2) is 0 Å². The van der Waals surface area contributed by atoms with Crippen LogP contribution >= 0.6 is 0 Å². The first-order valence-electron chi connectivity index (χ1n) is 5.79. The SMILES string of the molecule is CC1(NCc2cnc3ncccn23)CCC1. The van der Waals surface area contributed by atoms with Gasteiger partial charge in [-0.3, -0.25) is 4.40 Å².